The SMILES string of the molecule is C=Cc1ccccc1C1(C)CC1. The van der Waals surface area contributed by atoms with Crippen LogP contribution in [-0.2, 0) is 5.41 Å². The second kappa shape index (κ2) is 2.48. The van der Waals surface area contributed by atoms with Crippen molar-refractivity contribution in [2.45, 2.75) is 25.2 Å². The van der Waals surface area contributed by atoms with Crippen molar-refractivity contribution in [2.24, 2.45) is 0 Å². The second-order valence-electron chi connectivity index (χ2n) is 3.85. The van der Waals surface area contributed by atoms with Crippen LogP contribution in [0.3, 0.4) is 0 Å². The van der Waals surface area contributed by atoms with Crippen LogP contribution >= 0.6 is 0 Å². The van der Waals surface area contributed by atoms with Crippen molar-refractivity contribution in [1.29, 1.82) is 0 Å². The first-order valence-corrected chi connectivity index (χ1v) is 4.48. The number of rotatable bonds is 2. The minimum absolute atomic E-state index is 0.463. The highest BCUT2D eigenvalue weighted by Gasteiger charge is 2.39. The molecule has 0 unspecified atom stereocenters. The Hall–Kier alpha value is -1.04. The van der Waals surface area contributed by atoms with Gasteiger partial charge in [-0.1, -0.05) is 43.8 Å². The second-order valence-corrected chi connectivity index (χ2v) is 3.85. The van der Waals surface area contributed by atoms with E-state index in [1.165, 1.54) is 24.0 Å². The maximum Gasteiger partial charge on any atom is -0.00687 e. The van der Waals surface area contributed by atoms with Gasteiger partial charge in [0.2, 0.25) is 0 Å². The van der Waals surface area contributed by atoms with Crippen LogP contribution in [0, 0.1) is 0 Å². The summed E-state index contributed by atoms with van der Waals surface area (Å²) in [6, 6.07) is 8.56. The van der Waals surface area contributed by atoms with Crippen molar-refractivity contribution >= 4 is 6.08 Å². The van der Waals surface area contributed by atoms with Gasteiger partial charge in [-0.05, 0) is 29.4 Å². The molecule has 0 aliphatic heterocycles. The first-order valence-electron chi connectivity index (χ1n) is 4.48. The van der Waals surface area contributed by atoms with Gasteiger partial charge in [0.1, 0.15) is 0 Å². The molecule has 0 amide bonds. The topological polar surface area (TPSA) is 0 Å². The molecule has 1 aromatic carbocycles. The molecule has 1 aliphatic rings. The molecule has 1 aliphatic carbocycles. The van der Waals surface area contributed by atoms with E-state index in [1.54, 1.807) is 0 Å². The fourth-order valence-corrected chi connectivity index (χ4v) is 1.68. The summed E-state index contributed by atoms with van der Waals surface area (Å²) in [7, 11) is 0. The molecule has 62 valence electrons. The molecule has 0 N–H and O–H groups in total. The lowest BCUT2D eigenvalue weighted by atomic mass is 9.93. The van der Waals surface area contributed by atoms with E-state index in [1.807, 2.05) is 6.08 Å². The third-order valence-corrected chi connectivity index (χ3v) is 2.83. The molecule has 12 heavy (non-hydrogen) atoms. The van der Waals surface area contributed by atoms with E-state index in [9.17, 15) is 0 Å². The van der Waals surface area contributed by atoms with Crippen LogP contribution in [-0.4, -0.2) is 0 Å². The molecular weight excluding hydrogens is 144 g/mol. The molecule has 0 nitrogen and oxygen atoms in total. The van der Waals surface area contributed by atoms with E-state index in [4.69, 9.17) is 0 Å². The zero-order valence-electron chi connectivity index (χ0n) is 7.51. The Morgan fingerprint density at radius 2 is 2.00 bits per heavy atom. The molecule has 1 fully saturated rings. The smallest absolute Gasteiger partial charge is 0.00687 e. The summed E-state index contributed by atoms with van der Waals surface area (Å²) in [5, 5.41) is 0. The summed E-state index contributed by atoms with van der Waals surface area (Å²) >= 11 is 0. The molecule has 0 aromatic heterocycles. The Labute approximate surface area is 73.9 Å². The minimum Gasteiger partial charge on any atom is -0.0985 e. The third-order valence-electron chi connectivity index (χ3n) is 2.83. The number of benzene rings is 1. The molecule has 0 radical (unpaired) electrons. The maximum atomic E-state index is 3.83. The predicted octanol–water partition coefficient (Wildman–Crippen LogP) is 3.38. The van der Waals surface area contributed by atoms with Crippen LogP contribution < -0.4 is 0 Å². The quantitative estimate of drug-likeness (QED) is 0.619. The highest BCUT2D eigenvalue weighted by atomic mass is 14.4. The Balaban J connectivity index is 2.48. The number of hydrogen-bond donors (Lipinski definition) is 0. The van der Waals surface area contributed by atoms with Gasteiger partial charge in [0.05, 0.1) is 0 Å². The fraction of sp³-hybridized carbons (Fsp3) is 0.333. The Bertz CT molecular complexity index is 306. The van der Waals surface area contributed by atoms with Crippen molar-refractivity contribution in [3.8, 4) is 0 Å². The van der Waals surface area contributed by atoms with Gasteiger partial charge >= 0.3 is 0 Å². The van der Waals surface area contributed by atoms with Gasteiger partial charge in [-0.2, -0.15) is 0 Å². The maximum absolute atomic E-state index is 3.83. The average molecular weight is 158 g/mol. The van der Waals surface area contributed by atoms with Gasteiger partial charge in [-0.15, -0.1) is 0 Å². The molecule has 0 saturated heterocycles. The van der Waals surface area contributed by atoms with Crippen molar-refractivity contribution in [1.82, 2.24) is 0 Å². The largest absolute Gasteiger partial charge is 0.0985 e. The van der Waals surface area contributed by atoms with Gasteiger partial charge in [0.15, 0.2) is 0 Å². The Morgan fingerprint density at radius 1 is 1.33 bits per heavy atom. The van der Waals surface area contributed by atoms with Crippen LogP contribution in [0.25, 0.3) is 6.08 Å². The van der Waals surface area contributed by atoms with E-state index in [0.717, 1.165) is 0 Å². The van der Waals surface area contributed by atoms with Gasteiger partial charge in [-0.25, -0.2) is 0 Å². The summed E-state index contributed by atoms with van der Waals surface area (Å²) in [4.78, 5) is 0. The summed E-state index contributed by atoms with van der Waals surface area (Å²) in [6.45, 7) is 6.16. The van der Waals surface area contributed by atoms with E-state index >= 15 is 0 Å². The van der Waals surface area contributed by atoms with Crippen molar-refractivity contribution in [3.05, 3.63) is 42.0 Å². The van der Waals surface area contributed by atoms with Gasteiger partial charge in [-0.3, -0.25) is 0 Å². The van der Waals surface area contributed by atoms with Gasteiger partial charge in [0, 0.05) is 0 Å². The first-order chi connectivity index (χ1) is 5.76. The highest BCUT2D eigenvalue weighted by molar-refractivity contribution is 5.55. The molecule has 0 heterocycles. The lowest BCUT2D eigenvalue weighted by Gasteiger charge is -2.11. The Kier molecular flexibility index (Phi) is 1.57. The molecule has 1 saturated carbocycles. The standard InChI is InChI=1S/C12H14/c1-3-10-6-4-5-7-11(10)12(2)8-9-12/h3-7H,1,8-9H2,2H3. The molecule has 0 atom stereocenters. The summed E-state index contributed by atoms with van der Waals surface area (Å²) in [5.74, 6) is 0. The predicted molar refractivity (Wildman–Crippen MR) is 53.1 cm³/mol. The van der Waals surface area contributed by atoms with Crippen LogP contribution in [0.15, 0.2) is 30.8 Å². The average Bonchev–Trinajstić information content (AvgIpc) is 2.85. The number of hydrogen-bond acceptors (Lipinski definition) is 0. The van der Waals surface area contributed by atoms with Gasteiger partial charge in [0.25, 0.3) is 0 Å². The molecule has 2 rings (SSSR count). The summed E-state index contributed by atoms with van der Waals surface area (Å²) in [6.07, 6.45) is 4.62. The van der Waals surface area contributed by atoms with Crippen LogP contribution in [0.5, 0.6) is 0 Å². The van der Waals surface area contributed by atoms with E-state index in [0.29, 0.717) is 5.41 Å². The van der Waals surface area contributed by atoms with E-state index in [-0.39, 0.29) is 0 Å². The van der Waals surface area contributed by atoms with Crippen molar-refractivity contribution in [2.75, 3.05) is 0 Å². The minimum atomic E-state index is 0.463. The van der Waals surface area contributed by atoms with Crippen LogP contribution in [0.2, 0.25) is 0 Å². The van der Waals surface area contributed by atoms with Crippen molar-refractivity contribution < 1.29 is 0 Å². The monoisotopic (exact) mass is 158 g/mol. The lowest BCUT2D eigenvalue weighted by Crippen LogP contribution is -2.01. The Morgan fingerprint density at radius 3 is 2.58 bits per heavy atom. The normalized spacial score (nSPS) is 18.8. The summed E-state index contributed by atoms with van der Waals surface area (Å²) in [5.41, 5.74) is 3.24. The summed E-state index contributed by atoms with van der Waals surface area (Å²) < 4.78 is 0. The van der Waals surface area contributed by atoms with Crippen LogP contribution in [0.1, 0.15) is 30.9 Å². The highest BCUT2D eigenvalue weighted by Crippen LogP contribution is 2.48. The molecular formula is C12H14. The lowest BCUT2D eigenvalue weighted by molar-refractivity contribution is 0.786. The van der Waals surface area contributed by atoms with Gasteiger partial charge < -0.3 is 0 Å². The zero-order chi connectivity index (χ0) is 8.60. The molecule has 1 aromatic rings. The first kappa shape index (κ1) is 7.60. The molecule has 0 bridgehead atoms. The molecule has 0 heteroatoms. The third kappa shape index (κ3) is 1.08. The van der Waals surface area contributed by atoms with Crippen LogP contribution in [0.4, 0.5) is 0 Å². The van der Waals surface area contributed by atoms with E-state index in [2.05, 4.69) is 37.8 Å². The van der Waals surface area contributed by atoms with Crippen molar-refractivity contribution in [3.63, 3.8) is 0 Å². The zero-order valence-corrected chi connectivity index (χ0v) is 7.51. The molecule has 0 spiro atoms. The van der Waals surface area contributed by atoms with E-state index < -0.39 is 0 Å². The fourth-order valence-electron chi connectivity index (χ4n) is 1.68.